The number of rotatable bonds is 4. The van der Waals surface area contributed by atoms with Crippen molar-refractivity contribution in [2.75, 3.05) is 19.7 Å². The van der Waals surface area contributed by atoms with Gasteiger partial charge in [0.1, 0.15) is 5.70 Å². The number of aliphatic hydroxyl groups is 1. The number of aryl methyl sites for hydroxylation is 2. The molecule has 1 saturated carbocycles. The first-order valence-electron chi connectivity index (χ1n) is 11.1. The topological polar surface area (TPSA) is 60.9 Å². The van der Waals surface area contributed by atoms with E-state index in [1.807, 2.05) is 26.0 Å². The molecule has 1 aromatic carbocycles. The number of imide groups is 1. The minimum Gasteiger partial charge on any atom is -0.396 e. The highest BCUT2D eigenvalue weighted by molar-refractivity contribution is 6.36. The quantitative estimate of drug-likeness (QED) is 0.792. The first kappa shape index (κ1) is 20.1. The van der Waals surface area contributed by atoms with Crippen LogP contribution in [0.25, 0.3) is 5.57 Å². The third-order valence-corrected chi connectivity index (χ3v) is 6.78. The Bertz CT molecular complexity index is 839. The van der Waals surface area contributed by atoms with Gasteiger partial charge >= 0.3 is 0 Å². The number of likely N-dealkylation sites (tertiary alicyclic amines) is 1. The second-order valence-electron chi connectivity index (χ2n) is 8.95. The van der Waals surface area contributed by atoms with Crippen LogP contribution in [-0.4, -0.2) is 52.5 Å². The number of piperidine rings is 1. The van der Waals surface area contributed by atoms with E-state index in [1.54, 1.807) is 4.90 Å². The van der Waals surface area contributed by atoms with Gasteiger partial charge in [0.2, 0.25) is 0 Å². The average Bonchev–Trinajstić information content (AvgIpc) is 2.99. The summed E-state index contributed by atoms with van der Waals surface area (Å²) in [4.78, 5) is 30.9. The molecule has 29 heavy (non-hydrogen) atoms. The van der Waals surface area contributed by atoms with Crippen LogP contribution in [0.15, 0.2) is 23.9 Å². The SMILES string of the molecule is Cc1ccc(C2=C(N3CCCC(CO)C3)C(=O)N(C3CCCCC3)C2=O)c(C)c1. The molecule has 1 aliphatic carbocycles. The zero-order valence-corrected chi connectivity index (χ0v) is 17.6. The number of carbonyl (C=O) groups excluding carboxylic acids is 2. The molecule has 0 spiro atoms. The Morgan fingerprint density at radius 2 is 1.76 bits per heavy atom. The minimum atomic E-state index is -0.130. The zero-order chi connectivity index (χ0) is 20.5. The summed E-state index contributed by atoms with van der Waals surface area (Å²) in [6.07, 6.45) is 7.04. The highest BCUT2D eigenvalue weighted by atomic mass is 16.3. The lowest BCUT2D eigenvalue weighted by Crippen LogP contribution is -2.45. The van der Waals surface area contributed by atoms with Gasteiger partial charge in [-0.1, -0.05) is 43.0 Å². The summed E-state index contributed by atoms with van der Waals surface area (Å²) in [7, 11) is 0. The fourth-order valence-electron chi connectivity index (χ4n) is 5.25. The third kappa shape index (κ3) is 3.73. The molecule has 2 amide bonds. The van der Waals surface area contributed by atoms with Crippen LogP contribution in [0.5, 0.6) is 0 Å². The van der Waals surface area contributed by atoms with Crippen molar-refractivity contribution in [2.45, 2.75) is 64.8 Å². The molecule has 2 fully saturated rings. The highest BCUT2D eigenvalue weighted by Gasteiger charge is 2.45. The Kier molecular flexibility index (Phi) is 5.77. The molecule has 5 heteroatoms. The first-order valence-corrected chi connectivity index (χ1v) is 11.1. The van der Waals surface area contributed by atoms with Gasteiger partial charge < -0.3 is 10.0 Å². The molecule has 5 nitrogen and oxygen atoms in total. The van der Waals surface area contributed by atoms with E-state index in [-0.39, 0.29) is 30.4 Å². The number of carbonyl (C=O) groups is 2. The molecule has 0 bridgehead atoms. The Balaban J connectivity index is 1.78. The van der Waals surface area contributed by atoms with E-state index < -0.39 is 0 Å². The molecule has 0 radical (unpaired) electrons. The van der Waals surface area contributed by atoms with Crippen LogP contribution in [0.2, 0.25) is 0 Å². The summed E-state index contributed by atoms with van der Waals surface area (Å²) >= 11 is 0. The first-order chi connectivity index (χ1) is 14.0. The second-order valence-corrected chi connectivity index (χ2v) is 8.95. The summed E-state index contributed by atoms with van der Waals surface area (Å²) in [5, 5.41) is 9.68. The monoisotopic (exact) mass is 396 g/mol. The number of amides is 2. The van der Waals surface area contributed by atoms with Crippen molar-refractivity contribution < 1.29 is 14.7 Å². The summed E-state index contributed by atoms with van der Waals surface area (Å²) in [6.45, 7) is 5.58. The van der Waals surface area contributed by atoms with Crippen molar-refractivity contribution in [1.82, 2.24) is 9.80 Å². The third-order valence-electron chi connectivity index (χ3n) is 6.78. The molecule has 1 aromatic rings. The van der Waals surface area contributed by atoms with Gasteiger partial charge in [0, 0.05) is 25.7 Å². The number of nitrogens with zero attached hydrogens (tertiary/aromatic N) is 2. The minimum absolute atomic E-state index is 0.0143. The normalized spacial score (nSPS) is 24.0. The molecular weight excluding hydrogens is 364 g/mol. The van der Waals surface area contributed by atoms with Gasteiger partial charge in [-0.15, -0.1) is 0 Å². The van der Waals surface area contributed by atoms with E-state index in [0.29, 0.717) is 17.8 Å². The maximum atomic E-state index is 13.6. The van der Waals surface area contributed by atoms with Gasteiger partial charge in [-0.2, -0.15) is 0 Å². The number of benzene rings is 1. The Morgan fingerprint density at radius 3 is 2.45 bits per heavy atom. The molecule has 1 unspecified atom stereocenters. The van der Waals surface area contributed by atoms with Crippen LogP contribution in [0, 0.1) is 19.8 Å². The van der Waals surface area contributed by atoms with E-state index in [0.717, 1.165) is 61.8 Å². The second kappa shape index (κ2) is 8.31. The average molecular weight is 397 g/mol. The predicted molar refractivity (Wildman–Crippen MR) is 113 cm³/mol. The van der Waals surface area contributed by atoms with E-state index in [2.05, 4.69) is 11.0 Å². The molecule has 4 rings (SSSR count). The van der Waals surface area contributed by atoms with Crippen molar-refractivity contribution >= 4 is 17.4 Å². The van der Waals surface area contributed by atoms with Crippen molar-refractivity contribution in [3.05, 3.63) is 40.6 Å². The molecular formula is C24H32N2O3. The fourth-order valence-corrected chi connectivity index (χ4v) is 5.25. The standard InChI is InChI=1S/C24H32N2O3/c1-16-10-11-20(17(2)13-16)21-22(25-12-6-7-18(14-25)15-27)24(29)26(23(21)28)19-8-4-3-5-9-19/h10-11,13,18-19,27H,3-9,12,14-15H2,1-2H3. The summed E-state index contributed by atoms with van der Waals surface area (Å²) in [6, 6.07) is 6.10. The number of hydrogen-bond donors (Lipinski definition) is 1. The Labute approximate surface area is 173 Å². The van der Waals surface area contributed by atoms with E-state index in [9.17, 15) is 14.7 Å². The van der Waals surface area contributed by atoms with Crippen molar-refractivity contribution in [1.29, 1.82) is 0 Å². The maximum absolute atomic E-state index is 13.6. The van der Waals surface area contributed by atoms with Crippen molar-refractivity contribution in [3.63, 3.8) is 0 Å². The fraction of sp³-hybridized carbons (Fsp3) is 0.583. The van der Waals surface area contributed by atoms with Crippen LogP contribution in [0.1, 0.15) is 61.6 Å². The van der Waals surface area contributed by atoms with Gasteiger partial charge in [-0.05, 0) is 56.6 Å². The molecule has 2 aliphatic heterocycles. The highest BCUT2D eigenvalue weighted by Crippen LogP contribution is 2.38. The van der Waals surface area contributed by atoms with Gasteiger partial charge in [0.15, 0.2) is 0 Å². The zero-order valence-electron chi connectivity index (χ0n) is 17.6. The van der Waals surface area contributed by atoms with Crippen molar-refractivity contribution in [3.8, 4) is 0 Å². The van der Waals surface area contributed by atoms with E-state index >= 15 is 0 Å². The van der Waals surface area contributed by atoms with Crippen LogP contribution >= 0.6 is 0 Å². The van der Waals surface area contributed by atoms with Gasteiger partial charge in [-0.25, -0.2) is 0 Å². The maximum Gasteiger partial charge on any atom is 0.278 e. The molecule has 156 valence electrons. The number of hydrogen-bond acceptors (Lipinski definition) is 4. The lowest BCUT2D eigenvalue weighted by atomic mass is 9.93. The molecule has 2 heterocycles. The molecule has 1 saturated heterocycles. The van der Waals surface area contributed by atoms with E-state index in [4.69, 9.17) is 0 Å². The smallest absolute Gasteiger partial charge is 0.278 e. The van der Waals surface area contributed by atoms with Gasteiger partial charge in [0.05, 0.1) is 5.57 Å². The largest absolute Gasteiger partial charge is 0.396 e. The summed E-state index contributed by atoms with van der Waals surface area (Å²) in [5.41, 5.74) is 4.17. The number of aliphatic hydroxyl groups excluding tert-OH is 1. The summed E-state index contributed by atoms with van der Waals surface area (Å²) < 4.78 is 0. The molecule has 1 N–H and O–H groups in total. The molecule has 1 atom stereocenters. The van der Waals surface area contributed by atoms with Crippen LogP contribution in [0.3, 0.4) is 0 Å². The van der Waals surface area contributed by atoms with Crippen molar-refractivity contribution in [2.24, 2.45) is 5.92 Å². The predicted octanol–water partition coefficient (Wildman–Crippen LogP) is 3.42. The van der Waals surface area contributed by atoms with Crippen LogP contribution < -0.4 is 0 Å². The lowest BCUT2D eigenvalue weighted by molar-refractivity contribution is -0.141. The van der Waals surface area contributed by atoms with Gasteiger partial charge in [0.25, 0.3) is 11.8 Å². The van der Waals surface area contributed by atoms with E-state index in [1.165, 1.54) is 6.42 Å². The van der Waals surface area contributed by atoms with Crippen LogP contribution in [-0.2, 0) is 9.59 Å². The Hall–Kier alpha value is -2.14. The summed E-state index contributed by atoms with van der Waals surface area (Å²) in [5.74, 6) is -0.103. The molecule has 0 aromatic heterocycles. The Morgan fingerprint density at radius 1 is 1.00 bits per heavy atom. The molecule has 3 aliphatic rings. The van der Waals surface area contributed by atoms with Crippen LogP contribution in [0.4, 0.5) is 0 Å². The van der Waals surface area contributed by atoms with Gasteiger partial charge in [-0.3, -0.25) is 14.5 Å². The lowest BCUT2D eigenvalue weighted by Gasteiger charge is -2.35.